The van der Waals surface area contributed by atoms with Crippen molar-refractivity contribution < 1.29 is 56.4 Å². The number of aliphatic carboxylic acids is 4. The van der Waals surface area contributed by atoms with Crippen LogP contribution in [0.2, 0.25) is 0 Å². The van der Waals surface area contributed by atoms with Crippen molar-refractivity contribution in [3.8, 4) is 0 Å². The summed E-state index contributed by atoms with van der Waals surface area (Å²) in [6.45, 7) is 2.26. The molecule has 0 bridgehead atoms. The van der Waals surface area contributed by atoms with Gasteiger partial charge in [-0.1, -0.05) is 24.3 Å². The Morgan fingerprint density at radius 1 is 0.600 bits per heavy atom. The number of nitrogens with one attached hydrogen (secondary N) is 2. The van der Waals surface area contributed by atoms with Gasteiger partial charge < -0.3 is 20.4 Å². The van der Waals surface area contributed by atoms with Crippen LogP contribution in [0.3, 0.4) is 0 Å². The maximum Gasteiger partial charge on any atom is 0.321 e. The minimum Gasteiger partial charge on any atom is -0.481 e. The molecule has 16 heteroatoms. The first-order chi connectivity index (χ1) is 18.5. The zero-order valence-corrected chi connectivity index (χ0v) is 22.6. The Balaban J connectivity index is 1.91. The highest BCUT2D eigenvalue weighted by Gasteiger charge is 2.58. The van der Waals surface area contributed by atoms with E-state index in [0.717, 1.165) is 38.1 Å². The molecular formula is C24H26N2O12S2. The van der Waals surface area contributed by atoms with Crippen molar-refractivity contribution in [2.24, 2.45) is 11.8 Å². The molecule has 2 aromatic carbocycles. The number of hydrogen-bond acceptors (Lipinski definition) is 8. The quantitative estimate of drug-likeness (QED) is 0.195. The van der Waals surface area contributed by atoms with Crippen molar-refractivity contribution in [2.75, 3.05) is 0 Å². The van der Waals surface area contributed by atoms with E-state index in [-0.39, 0.29) is 20.9 Å². The predicted molar refractivity (Wildman–Crippen MR) is 135 cm³/mol. The molecule has 1 aliphatic rings. The second-order valence-corrected chi connectivity index (χ2v) is 12.7. The summed E-state index contributed by atoms with van der Waals surface area (Å²) >= 11 is 0. The molecule has 0 saturated heterocycles. The van der Waals surface area contributed by atoms with E-state index >= 15 is 0 Å². The van der Waals surface area contributed by atoms with Crippen molar-refractivity contribution in [1.82, 2.24) is 9.44 Å². The molecular weight excluding hydrogens is 572 g/mol. The van der Waals surface area contributed by atoms with Crippen molar-refractivity contribution in [1.29, 1.82) is 0 Å². The summed E-state index contributed by atoms with van der Waals surface area (Å²) in [7, 11) is -8.46. The number of benzene rings is 2. The minimum atomic E-state index is -4.23. The zero-order chi connectivity index (χ0) is 30.2. The van der Waals surface area contributed by atoms with Gasteiger partial charge >= 0.3 is 23.9 Å². The molecule has 0 aliphatic heterocycles. The smallest absolute Gasteiger partial charge is 0.321 e. The van der Waals surface area contributed by atoms with Crippen molar-refractivity contribution in [3.05, 3.63) is 59.7 Å². The molecule has 0 spiro atoms. The van der Waals surface area contributed by atoms with Crippen LogP contribution in [0.4, 0.5) is 0 Å². The fourth-order valence-corrected chi connectivity index (χ4v) is 7.03. The van der Waals surface area contributed by atoms with Crippen LogP contribution in [0, 0.1) is 11.8 Å². The summed E-state index contributed by atoms with van der Waals surface area (Å²) in [6, 6.07) is 6.67. The average Bonchev–Trinajstić information content (AvgIpc) is 2.83. The third-order valence-corrected chi connectivity index (χ3v) is 9.79. The molecule has 6 N–H and O–H groups in total. The van der Waals surface area contributed by atoms with E-state index in [1.54, 1.807) is 0 Å². The first-order valence-corrected chi connectivity index (χ1v) is 14.6. The Kier molecular flexibility index (Phi) is 8.69. The first-order valence-electron chi connectivity index (χ1n) is 11.6. The SMILES string of the molecule is C[C@H](NS(=O)(=O)c1ccc(C2C(C(=O)O)C(c3ccc(S(=O)(=O)N[C@H](C)C(=O)O)cc3)C2C(=O)O)cc1)C(=O)O. The van der Waals surface area contributed by atoms with Crippen LogP contribution in [0.25, 0.3) is 0 Å². The normalized spacial score (nSPS) is 22.4. The minimum absolute atomic E-state index is 0.229. The summed E-state index contributed by atoms with van der Waals surface area (Å²) in [4.78, 5) is 45.8. The van der Waals surface area contributed by atoms with Crippen molar-refractivity contribution in [3.63, 3.8) is 0 Å². The van der Waals surface area contributed by atoms with Crippen LogP contribution in [-0.4, -0.2) is 73.2 Å². The molecule has 1 saturated carbocycles. The van der Waals surface area contributed by atoms with Gasteiger partial charge in [-0.2, -0.15) is 9.44 Å². The van der Waals surface area contributed by atoms with E-state index in [4.69, 9.17) is 10.2 Å². The molecule has 216 valence electrons. The number of sulfonamides is 2. The molecule has 1 fully saturated rings. The Morgan fingerprint density at radius 3 is 1.10 bits per heavy atom. The Labute approximate surface area is 228 Å². The number of rotatable bonds is 12. The molecule has 40 heavy (non-hydrogen) atoms. The number of carboxylic acid groups (broad SMARTS) is 4. The second-order valence-electron chi connectivity index (χ2n) is 9.28. The summed E-state index contributed by atoms with van der Waals surface area (Å²) in [5, 5.41) is 37.8. The maximum absolute atomic E-state index is 12.4. The first kappa shape index (κ1) is 30.7. The molecule has 2 unspecified atom stereocenters. The molecule has 0 aromatic heterocycles. The van der Waals surface area contributed by atoms with Gasteiger partial charge in [-0.05, 0) is 49.2 Å². The molecule has 4 atom stereocenters. The second kappa shape index (κ2) is 11.3. The average molecular weight is 599 g/mol. The van der Waals surface area contributed by atoms with Gasteiger partial charge in [0.15, 0.2) is 0 Å². The molecule has 0 heterocycles. The van der Waals surface area contributed by atoms with Gasteiger partial charge in [0.1, 0.15) is 12.1 Å². The lowest BCUT2D eigenvalue weighted by atomic mass is 9.52. The van der Waals surface area contributed by atoms with E-state index < -0.39 is 79.7 Å². The molecule has 3 rings (SSSR count). The Morgan fingerprint density at radius 2 is 0.875 bits per heavy atom. The lowest BCUT2D eigenvalue weighted by molar-refractivity contribution is -0.160. The fraction of sp³-hybridized carbons (Fsp3) is 0.333. The molecule has 14 nitrogen and oxygen atoms in total. The fourth-order valence-electron chi connectivity index (χ4n) is 4.63. The van der Waals surface area contributed by atoms with Gasteiger partial charge in [0.05, 0.1) is 21.6 Å². The van der Waals surface area contributed by atoms with E-state index in [0.29, 0.717) is 0 Å². The maximum atomic E-state index is 12.4. The standard InChI is InChI=1S/C24H26N2O12S2/c1-11(21(27)28)25-39(35,36)15-7-3-13(4-8-15)17-19(23(31)32)18(20(17)24(33)34)14-5-9-16(10-6-14)40(37,38)26-12(2)22(29)30/h3-12,17-20,25-26H,1-2H3,(H,27,28)(H,29,30)(H,31,32)(H,33,34)/t11-,12+,17?,18?,19?,20?. The summed E-state index contributed by atoms with van der Waals surface area (Å²) in [6.07, 6.45) is 0. The highest BCUT2D eigenvalue weighted by molar-refractivity contribution is 7.89. The van der Waals surface area contributed by atoms with Gasteiger partial charge in [0.25, 0.3) is 0 Å². The Bertz CT molecular complexity index is 1410. The van der Waals surface area contributed by atoms with Crippen molar-refractivity contribution >= 4 is 43.9 Å². The Hall–Kier alpha value is -3.86. The van der Waals surface area contributed by atoms with Crippen molar-refractivity contribution in [2.45, 2.75) is 47.6 Å². The van der Waals surface area contributed by atoms with E-state index in [2.05, 4.69) is 0 Å². The van der Waals surface area contributed by atoms with E-state index in [1.165, 1.54) is 24.3 Å². The van der Waals surface area contributed by atoms with Gasteiger partial charge in [0, 0.05) is 11.8 Å². The number of hydrogen-bond donors (Lipinski definition) is 6. The highest BCUT2D eigenvalue weighted by atomic mass is 32.2. The summed E-state index contributed by atoms with van der Waals surface area (Å²) < 4.78 is 53.7. The number of carboxylic acids is 4. The highest BCUT2D eigenvalue weighted by Crippen LogP contribution is 2.57. The number of carbonyl (C=O) groups is 4. The lowest BCUT2D eigenvalue weighted by Crippen LogP contribution is -2.50. The monoisotopic (exact) mass is 598 g/mol. The summed E-state index contributed by atoms with van der Waals surface area (Å²) in [5.74, 6) is -10.1. The van der Waals surface area contributed by atoms with Gasteiger partial charge in [0.2, 0.25) is 20.0 Å². The zero-order valence-electron chi connectivity index (χ0n) is 21.0. The third kappa shape index (κ3) is 6.14. The lowest BCUT2D eigenvalue weighted by Gasteiger charge is -2.48. The van der Waals surface area contributed by atoms with Crippen LogP contribution >= 0.6 is 0 Å². The molecule has 1 aliphatic carbocycles. The van der Waals surface area contributed by atoms with E-state index in [9.17, 15) is 46.2 Å². The molecule has 2 aromatic rings. The molecule has 0 radical (unpaired) electrons. The van der Waals surface area contributed by atoms with Crippen LogP contribution < -0.4 is 9.44 Å². The van der Waals surface area contributed by atoms with Crippen LogP contribution in [0.5, 0.6) is 0 Å². The van der Waals surface area contributed by atoms with Crippen LogP contribution in [0.1, 0.15) is 36.8 Å². The van der Waals surface area contributed by atoms with E-state index in [1.807, 2.05) is 9.44 Å². The van der Waals surface area contributed by atoms with Gasteiger partial charge in [-0.25, -0.2) is 16.8 Å². The topological polar surface area (TPSA) is 242 Å². The predicted octanol–water partition coefficient (Wildman–Crippen LogP) is 0.472. The van der Waals surface area contributed by atoms with Crippen LogP contribution in [-0.2, 0) is 39.2 Å². The van der Waals surface area contributed by atoms with Gasteiger partial charge in [-0.15, -0.1) is 0 Å². The third-order valence-electron chi connectivity index (χ3n) is 6.67. The molecule has 0 amide bonds. The summed E-state index contributed by atoms with van der Waals surface area (Å²) in [5.41, 5.74) is 0.458. The largest absolute Gasteiger partial charge is 0.481 e. The van der Waals surface area contributed by atoms with Crippen LogP contribution in [0.15, 0.2) is 58.3 Å². The van der Waals surface area contributed by atoms with Gasteiger partial charge in [-0.3, -0.25) is 19.2 Å².